The first-order valence-corrected chi connectivity index (χ1v) is 2.77. The van der Waals surface area contributed by atoms with Gasteiger partial charge in [0, 0.05) is 0 Å². The Morgan fingerprint density at radius 3 is 1.92 bits per heavy atom. The van der Waals surface area contributed by atoms with Crippen LogP contribution in [0.1, 0.15) is 0 Å². The number of aromatic nitrogens is 2. The zero-order chi connectivity index (χ0) is 9.30. The van der Waals surface area contributed by atoms with Gasteiger partial charge < -0.3 is 10.0 Å². The van der Waals surface area contributed by atoms with Crippen molar-refractivity contribution in [3.05, 3.63) is 17.8 Å². The first-order valence-electron chi connectivity index (χ1n) is 2.77. The Bertz CT molecular complexity index is 309. The fourth-order valence-electron chi connectivity index (χ4n) is 0.552. The summed E-state index contributed by atoms with van der Waals surface area (Å²) in [4.78, 5) is 5.00. The molecule has 4 nitrogen and oxygen atoms in total. The van der Waals surface area contributed by atoms with Crippen molar-refractivity contribution in [3.63, 3.8) is 0 Å². The Balaban J connectivity index is 3.23. The van der Waals surface area contributed by atoms with Crippen molar-refractivity contribution in [1.29, 1.82) is 0 Å². The van der Waals surface area contributed by atoms with Gasteiger partial charge in [0.2, 0.25) is 5.95 Å². The van der Waals surface area contributed by atoms with Crippen molar-refractivity contribution in [2.45, 2.75) is 0 Å². The van der Waals surface area contributed by atoms with Gasteiger partial charge in [0.1, 0.15) is 5.59 Å². The zero-order valence-corrected chi connectivity index (χ0v) is 5.50. The predicted octanol–water partition coefficient (Wildman–Crippen LogP) is -1.43. The molecule has 0 saturated carbocycles. The van der Waals surface area contributed by atoms with Crippen LogP contribution in [-0.2, 0) is 0 Å². The first kappa shape index (κ1) is 8.95. The quantitative estimate of drug-likeness (QED) is 0.517. The Labute approximate surface area is 64.8 Å². The summed E-state index contributed by atoms with van der Waals surface area (Å²) in [7, 11) is -2.31. The molecule has 0 atom stereocenters. The van der Waals surface area contributed by atoms with Gasteiger partial charge in [-0.2, -0.15) is 18.2 Å². The molecule has 8 heteroatoms. The van der Waals surface area contributed by atoms with Crippen LogP contribution in [0.25, 0.3) is 0 Å². The lowest BCUT2D eigenvalue weighted by atomic mass is 9.86. The van der Waals surface area contributed by atoms with Crippen molar-refractivity contribution >= 4 is 12.7 Å². The summed E-state index contributed by atoms with van der Waals surface area (Å²) >= 11 is 0. The Hall–Kier alpha value is -1.15. The Kier molecular flexibility index (Phi) is 2.29. The molecular formula is C4H2BF3N2O2. The van der Waals surface area contributed by atoms with Crippen molar-refractivity contribution in [2.75, 3.05) is 0 Å². The van der Waals surface area contributed by atoms with E-state index >= 15 is 0 Å². The maximum atomic E-state index is 12.4. The second-order valence-corrected chi connectivity index (χ2v) is 1.85. The molecule has 0 spiro atoms. The highest BCUT2D eigenvalue weighted by Gasteiger charge is 2.23. The summed E-state index contributed by atoms with van der Waals surface area (Å²) < 4.78 is 36.6. The van der Waals surface area contributed by atoms with Gasteiger partial charge in [-0.25, -0.2) is 4.98 Å². The maximum absolute atomic E-state index is 12.4. The van der Waals surface area contributed by atoms with E-state index in [9.17, 15) is 13.2 Å². The van der Waals surface area contributed by atoms with Crippen LogP contribution in [0.15, 0.2) is 0 Å². The lowest BCUT2D eigenvalue weighted by Crippen LogP contribution is -2.37. The van der Waals surface area contributed by atoms with Crippen LogP contribution in [0, 0.1) is 17.8 Å². The van der Waals surface area contributed by atoms with Crippen molar-refractivity contribution in [2.24, 2.45) is 0 Å². The largest absolute Gasteiger partial charge is 0.513 e. The van der Waals surface area contributed by atoms with E-state index in [0.29, 0.717) is 0 Å². The SMILES string of the molecule is OB(O)c1nc(F)c(F)nc1F. The monoisotopic (exact) mass is 178 g/mol. The molecule has 0 aliphatic rings. The van der Waals surface area contributed by atoms with E-state index in [2.05, 4.69) is 9.97 Å². The average Bonchev–Trinajstić information content (AvgIpc) is 1.96. The topological polar surface area (TPSA) is 66.2 Å². The average molecular weight is 178 g/mol. The summed E-state index contributed by atoms with van der Waals surface area (Å²) in [6.07, 6.45) is 0. The Morgan fingerprint density at radius 1 is 0.917 bits per heavy atom. The second-order valence-electron chi connectivity index (χ2n) is 1.85. The normalized spacial score (nSPS) is 10.1. The molecule has 12 heavy (non-hydrogen) atoms. The molecule has 0 saturated heterocycles. The number of halogens is 3. The van der Waals surface area contributed by atoms with Crippen molar-refractivity contribution in [3.8, 4) is 0 Å². The molecule has 1 aromatic rings. The van der Waals surface area contributed by atoms with E-state index in [1.54, 1.807) is 0 Å². The van der Waals surface area contributed by atoms with Gasteiger partial charge in [0.25, 0.3) is 11.9 Å². The lowest BCUT2D eigenvalue weighted by Gasteiger charge is -1.99. The van der Waals surface area contributed by atoms with E-state index in [0.717, 1.165) is 0 Å². The minimum atomic E-state index is -2.31. The minimum Gasteiger partial charge on any atom is -0.422 e. The fourth-order valence-corrected chi connectivity index (χ4v) is 0.552. The molecule has 2 N–H and O–H groups in total. The van der Waals surface area contributed by atoms with E-state index in [-0.39, 0.29) is 0 Å². The van der Waals surface area contributed by atoms with Crippen LogP contribution in [0.4, 0.5) is 13.2 Å². The molecule has 0 unspecified atom stereocenters. The van der Waals surface area contributed by atoms with E-state index < -0.39 is 30.6 Å². The third-order valence-electron chi connectivity index (χ3n) is 1.04. The van der Waals surface area contributed by atoms with E-state index in [4.69, 9.17) is 10.0 Å². The molecular weight excluding hydrogens is 176 g/mol. The highest BCUT2D eigenvalue weighted by atomic mass is 19.2. The standard InChI is InChI=1S/C4H2BF3N2O2/c6-2-1(5(11)12)9-3(7)4(8)10-2/h11-12H. The number of rotatable bonds is 1. The van der Waals surface area contributed by atoms with Crippen molar-refractivity contribution < 1.29 is 23.2 Å². The van der Waals surface area contributed by atoms with Gasteiger partial charge in [-0.3, -0.25) is 0 Å². The molecule has 0 fully saturated rings. The molecule has 0 radical (unpaired) electrons. The number of nitrogens with zero attached hydrogens (tertiary/aromatic N) is 2. The van der Waals surface area contributed by atoms with Crippen LogP contribution < -0.4 is 5.59 Å². The molecule has 1 rings (SSSR count). The fraction of sp³-hybridized carbons (Fsp3) is 0. The molecule has 0 aliphatic carbocycles. The molecule has 1 heterocycles. The zero-order valence-electron chi connectivity index (χ0n) is 5.50. The second kappa shape index (κ2) is 3.07. The Morgan fingerprint density at radius 2 is 1.42 bits per heavy atom. The summed E-state index contributed by atoms with van der Waals surface area (Å²) in [5, 5.41) is 16.7. The predicted molar refractivity (Wildman–Crippen MR) is 31.7 cm³/mol. The van der Waals surface area contributed by atoms with Crippen LogP contribution in [-0.4, -0.2) is 27.1 Å². The number of hydrogen-bond acceptors (Lipinski definition) is 4. The van der Waals surface area contributed by atoms with Crippen LogP contribution >= 0.6 is 0 Å². The van der Waals surface area contributed by atoms with Gasteiger partial charge in [0.15, 0.2) is 0 Å². The lowest BCUT2D eigenvalue weighted by molar-refractivity contribution is 0.401. The van der Waals surface area contributed by atoms with Crippen LogP contribution in [0.3, 0.4) is 0 Å². The summed E-state index contributed by atoms with van der Waals surface area (Å²) in [6, 6.07) is 0. The van der Waals surface area contributed by atoms with Crippen molar-refractivity contribution in [1.82, 2.24) is 9.97 Å². The van der Waals surface area contributed by atoms with E-state index in [1.165, 1.54) is 0 Å². The molecule has 0 aliphatic heterocycles. The van der Waals surface area contributed by atoms with Crippen LogP contribution in [0.5, 0.6) is 0 Å². The molecule has 64 valence electrons. The van der Waals surface area contributed by atoms with Gasteiger partial charge in [0.05, 0.1) is 0 Å². The smallest absolute Gasteiger partial charge is 0.422 e. The van der Waals surface area contributed by atoms with Gasteiger partial charge >= 0.3 is 7.12 Å². The third-order valence-corrected chi connectivity index (χ3v) is 1.04. The minimum absolute atomic E-state index is 1.05. The maximum Gasteiger partial charge on any atom is 0.513 e. The van der Waals surface area contributed by atoms with Crippen LogP contribution in [0.2, 0.25) is 0 Å². The van der Waals surface area contributed by atoms with E-state index in [1.807, 2.05) is 0 Å². The highest BCUT2D eigenvalue weighted by Crippen LogP contribution is 1.97. The molecule has 0 amide bonds. The third kappa shape index (κ3) is 1.54. The molecule has 0 bridgehead atoms. The van der Waals surface area contributed by atoms with Gasteiger partial charge in [-0.05, 0) is 0 Å². The van der Waals surface area contributed by atoms with Gasteiger partial charge in [-0.1, -0.05) is 0 Å². The summed E-state index contributed by atoms with van der Waals surface area (Å²) in [6.45, 7) is 0. The molecule has 0 aromatic carbocycles. The highest BCUT2D eigenvalue weighted by molar-refractivity contribution is 6.57. The molecule has 1 aromatic heterocycles. The van der Waals surface area contributed by atoms with Gasteiger partial charge in [-0.15, -0.1) is 0 Å². The number of hydrogen-bond donors (Lipinski definition) is 2. The first-order chi connectivity index (χ1) is 5.52. The summed E-state index contributed by atoms with van der Waals surface area (Å²) in [5.74, 6) is -4.96. The summed E-state index contributed by atoms with van der Waals surface area (Å²) in [5.41, 5.74) is -1.05.